The predicted octanol–water partition coefficient (Wildman–Crippen LogP) is 2.02. The van der Waals surface area contributed by atoms with Crippen LogP contribution < -0.4 is 4.74 Å². The van der Waals surface area contributed by atoms with E-state index < -0.39 is 12.0 Å². The summed E-state index contributed by atoms with van der Waals surface area (Å²) in [6, 6.07) is 8.55. The van der Waals surface area contributed by atoms with Crippen LogP contribution in [0.4, 0.5) is 0 Å². The van der Waals surface area contributed by atoms with E-state index in [1.165, 1.54) is 18.9 Å². The van der Waals surface area contributed by atoms with Gasteiger partial charge < -0.3 is 14.7 Å². The van der Waals surface area contributed by atoms with Crippen molar-refractivity contribution in [1.82, 2.24) is 4.90 Å². The van der Waals surface area contributed by atoms with Crippen LogP contribution in [0.25, 0.3) is 0 Å². The van der Waals surface area contributed by atoms with E-state index in [9.17, 15) is 9.59 Å². The van der Waals surface area contributed by atoms with E-state index in [1.807, 2.05) is 30.3 Å². The Hall–Kier alpha value is -2.04. The van der Waals surface area contributed by atoms with Gasteiger partial charge in [-0.25, -0.2) is 4.79 Å². The fraction of sp³-hybridized carbons (Fsp3) is 0.467. The summed E-state index contributed by atoms with van der Waals surface area (Å²) < 4.78 is 5.53. The lowest BCUT2D eigenvalue weighted by atomic mass is 10.1. The number of para-hydroxylation sites is 1. The first kappa shape index (κ1) is 16.0. The zero-order valence-electron chi connectivity index (χ0n) is 12.1. The molecule has 0 radical (unpaired) electrons. The molecule has 1 rings (SSSR count). The smallest absolute Gasteiger partial charge is 0.326 e. The van der Waals surface area contributed by atoms with Crippen LogP contribution in [-0.4, -0.2) is 41.6 Å². The van der Waals surface area contributed by atoms with Gasteiger partial charge in [0.15, 0.2) is 0 Å². The van der Waals surface area contributed by atoms with Gasteiger partial charge in [0.25, 0.3) is 0 Å². The lowest BCUT2D eigenvalue weighted by Gasteiger charge is -2.24. The van der Waals surface area contributed by atoms with Gasteiger partial charge in [0, 0.05) is 13.0 Å². The molecule has 1 amide bonds. The topological polar surface area (TPSA) is 66.8 Å². The lowest BCUT2D eigenvalue weighted by molar-refractivity contribution is -0.149. The first-order chi connectivity index (χ1) is 9.43. The Bertz CT molecular complexity index is 446. The van der Waals surface area contributed by atoms with Gasteiger partial charge in [-0.05, 0) is 25.5 Å². The Kier molecular flexibility index (Phi) is 6.03. The second-order valence-electron chi connectivity index (χ2n) is 4.81. The third-order valence-electron chi connectivity index (χ3n) is 3.27. The van der Waals surface area contributed by atoms with Crippen LogP contribution in [0.3, 0.4) is 0 Å². The monoisotopic (exact) mass is 279 g/mol. The number of carbonyl (C=O) groups is 2. The summed E-state index contributed by atoms with van der Waals surface area (Å²) in [6.07, 6.45) is 0.546. The van der Waals surface area contributed by atoms with Crippen LogP contribution in [0.1, 0.15) is 20.3 Å². The third-order valence-corrected chi connectivity index (χ3v) is 3.27. The van der Waals surface area contributed by atoms with Crippen molar-refractivity contribution in [2.24, 2.45) is 5.92 Å². The van der Waals surface area contributed by atoms with Gasteiger partial charge in [-0.15, -0.1) is 0 Å². The van der Waals surface area contributed by atoms with Gasteiger partial charge >= 0.3 is 5.97 Å². The van der Waals surface area contributed by atoms with E-state index in [2.05, 4.69) is 0 Å². The molecule has 5 heteroatoms. The molecule has 0 saturated heterocycles. The summed E-state index contributed by atoms with van der Waals surface area (Å²) >= 11 is 0. The molecule has 0 aromatic heterocycles. The Balaban J connectivity index is 2.40. The molecule has 1 N–H and O–H groups in total. The van der Waals surface area contributed by atoms with Crippen molar-refractivity contribution in [1.29, 1.82) is 0 Å². The number of carboxylic acid groups (broad SMARTS) is 1. The molecule has 1 aromatic carbocycles. The molecule has 0 heterocycles. The van der Waals surface area contributed by atoms with E-state index >= 15 is 0 Å². The maximum absolute atomic E-state index is 12.0. The van der Waals surface area contributed by atoms with Crippen molar-refractivity contribution < 1.29 is 19.4 Å². The fourth-order valence-electron chi connectivity index (χ4n) is 1.70. The second kappa shape index (κ2) is 7.53. The number of hydrogen-bond acceptors (Lipinski definition) is 3. The van der Waals surface area contributed by atoms with Crippen molar-refractivity contribution in [3.8, 4) is 5.75 Å². The van der Waals surface area contributed by atoms with Gasteiger partial charge in [0.05, 0.1) is 6.61 Å². The highest BCUT2D eigenvalue weighted by Gasteiger charge is 2.25. The second-order valence-corrected chi connectivity index (χ2v) is 4.81. The first-order valence-electron chi connectivity index (χ1n) is 6.60. The molecule has 110 valence electrons. The summed E-state index contributed by atoms with van der Waals surface area (Å²) in [7, 11) is 1.51. The van der Waals surface area contributed by atoms with Crippen LogP contribution in [0.15, 0.2) is 30.3 Å². The van der Waals surface area contributed by atoms with Gasteiger partial charge in [0.2, 0.25) is 5.91 Å². The fourth-order valence-corrected chi connectivity index (χ4v) is 1.70. The Morgan fingerprint density at radius 2 is 1.85 bits per heavy atom. The normalized spacial score (nSPS) is 13.3. The molecule has 0 aliphatic rings. The number of hydrogen-bond donors (Lipinski definition) is 1. The number of amides is 1. The largest absolute Gasteiger partial charge is 0.494 e. The molecule has 2 atom stereocenters. The van der Waals surface area contributed by atoms with Crippen molar-refractivity contribution in [2.45, 2.75) is 26.3 Å². The van der Waals surface area contributed by atoms with Crippen LogP contribution >= 0.6 is 0 Å². The summed E-state index contributed by atoms with van der Waals surface area (Å²) in [4.78, 5) is 24.1. The number of likely N-dealkylation sites (N-methyl/N-ethyl adjacent to an activating group) is 1. The Morgan fingerprint density at radius 3 is 2.40 bits per heavy atom. The van der Waals surface area contributed by atoms with Crippen LogP contribution in [0.2, 0.25) is 0 Å². The van der Waals surface area contributed by atoms with Gasteiger partial charge in [-0.1, -0.05) is 25.1 Å². The van der Waals surface area contributed by atoms with E-state index in [-0.39, 0.29) is 11.8 Å². The number of nitrogens with zero attached hydrogens (tertiary/aromatic N) is 1. The summed E-state index contributed by atoms with van der Waals surface area (Å²) in [6.45, 7) is 3.70. The molecule has 0 aliphatic heterocycles. The predicted molar refractivity (Wildman–Crippen MR) is 75.6 cm³/mol. The van der Waals surface area contributed by atoms with Gasteiger partial charge in [-0.2, -0.15) is 0 Å². The van der Waals surface area contributed by atoms with Crippen LogP contribution in [-0.2, 0) is 9.59 Å². The summed E-state index contributed by atoms with van der Waals surface area (Å²) in [5.74, 6) is -0.699. The molecule has 20 heavy (non-hydrogen) atoms. The zero-order chi connectivity index (χ0) is 15.1. The maximum Gasteiger partial charge on any atom is 0.326 e. The van der Waals surface area contributed by atoms with E-state index in [4.69, 9.17) is 9.84 Å². The number of rotatable bonds is 7. The average Bonchev–Trinajstić information content (AvgIpc) is 2.45. The van der Waals surface area contributed by atoms with Gasteiger partial charge in [0.1, 0.15) is 11.8 Å². The number of carboxylic acids is 1. The zero-order valence-corrected chi connectivity index (χ0v) is 12.1. The lowest BCUT2D eigenvalue weighted by Crippen LogP contribution is -2.43. The van der Waals surface area contributed by atoms with Crippen molar-refractivity contribution >= 4 is 11.9 Å². The highest BCUT2D eigenvalue weighted by molar-refractivity contribution is 5.84. The van der Waals surface area contributed by atoms with Crippen molar-refractivity contribution in [3.05, 3.63) is 30.3 Å². The number of aliphatic carboxylic acids is 1. The molecular weight excluding hydrogens is 258 g/mol. The number of ether oxygens (including phenoxy) is 1. The van der Waals surface area contributed by atoms with Crippen molar-refractivity contribution in [3.63, 3.8) is 0 Å². The molecule has 0 bridgehead atoms. The summed E-state index contributed by atoms with van der Waals surface area (Å²) in [5, 5.41) is 8.89. The molecule has 1 aromatic rings. The number of carbonyl (C=O) groups excluding carboxylic acids is 1. The quantitative estimate of drug-likeness (QED) is 0.829. The van der Waals surface area contributed by atoms with Crippen molar-refractivity contribution in [2.75, 3.05) is 13.7 Å². The maximum atomic E-state index is 12.0. The molecule has 0 aliphatic carbocycles. The van der Waals surface area contributed by atoms with Gasteiger partial charge in [-0.3, -0.25) is 4.79 Å². The summed E-state index contributed by atoms with van der Waals surface area (Å²) in [5.41, 5.74) is 0. The van der Waals surface area contributed by atoms with E-state index in [0.29, 0.717) is 13.0 Å². The molecule has 5 nitrogen and oxygen atoms in total. The first-order valence-corrected chi connectivity index (χ1v) is 6.60. The molecular formula is C15H21NO4. The molecule has 2 unspecified atom stereocenters. The average molecular weight is 279 g/mol. The molecule has 0 fully saturated rings. The SMILES string of the molecule is CC(CCOc1ccccc1)C(=O)N(C)C(C)C(=O)O. The standard InChI is InChI=1S/C15H21NO4/c1-11(14(17)16(3)12(2)15(18)19)9-10-20-13-7-5-4-6-8-13/h4-8,11-12H,9-10H2,1-3H3,(H,18,19). The van der Waals surface area contributed by atoms with Crippen LogP contribution in [0, 0.1) is 5.92 Å². The minimum Gasteiger partial charge on any atom is -0.494 e. The van der Waals surface area contributed by atoms with E-state index in [0.717, 1.165) is 5.75 Å². The van der Waals surface area contributed by atoms with E-state index in [1.54, 1.807) is 6.92 Å². The number of benzene rings is 1. The minimum absolute atomic E-state index is 0.184. The minimum atomic E-state index is -1.01. The molecule has 0 saturated carbocycles. The highest BCUT2D eigenvalue weighted by atomic mass is 16.5. The highest BCUT2D eigenvalue weighted by Crippen LogP contribution is 2.12. The Morgan fingerprint density at radius 1 is 1.25 bits per heavy atom. The van der Waals surface area contributed by atoms with Crippen LogP contribution in [0.5, 0.6) is 5.75 Å². The Labute approximate surface area is 119 Å². The third kappa shape index (κ3) is 4.57. The molecule has 0 spiro atoms.